The Kier molecular flexibility index (Phi) is 6.43. The van der Waals surface area contributed by atoms with Crippen molar-refractivity contribution in [1.29, 1.82) is 0 Å². The second-order valence-electron chi connectivity index (χ2n) is 5.48. The number of carbonyl (C=O) groups excluding carboxylic acids is 1. The predicted molar refractivity (Wildman–Crippen MR) is 96.5 cm³/mol. The minimum absolute atomic E-state index is 0.0386. The van der Waals surface area contributed by atoms with Crippen molar-refractivity contribution in [3.63, 3.8) is 0 Å². The van der Waals surface area contributed by atoms with Crippen LogP contribution in [0.1, 0.15) is 22.8 Å². The summed E-state index contributed by atoms with van der Waals surface area (Å²) in [5, 5.41) is 11.8. The highest BCUT2D eigenvalue weighted by Gasteiger charge is 2.12. The lowest BCUT2D eigenvalue weighted by molar-refractivity contribution is -0.114. The fourth-order valence-electron chi connectivity index (χ4n) is 2.40. The van der Waals surface area contributed by atoms with Gasteiger partial charge in [0.2, 0.25) is 5.91 Å². The summed E-state index contributed by atoms with van der Waals surface area (Å²) in [4.78, 5) is 22.6. The summed E-state index contributed by atoms with van der Waals surface area (Å²) in [7, 11) is 3.12. The zero-order chi connectivity index (χ0) is 19.1. The van der Waals surface area contributed by atoms with E-state index in [1.165, 1.54) is 13.0 Å². The zero-order valence-corrected chi connectivity index (χ0v) is 14.9. The number of hydrogen-bond donors (Lipinski definition) is 2. The SMILES string of the molecule is COc1ccc(OC)c(OCCc2ccc(NC(C)=O)c(C(=O)O)c2)c1. The molecule has 2 aromatic carbocycles. The first-order chi connectivity index (χ1) is 12.4. The number of hydrogen-bond acceptors (Lipinski definition) is 5. The lowest BCUT2D eigenvalue weighted by Gasteiger charge is -2.13. The number of nitrogens with one attached hydrogen (secondary N) is 1. The lowest BCUT2D eigenvalue weighted by Crippen LogP contribution is -2.11. The number of ether oxygens (including phenoxy) is 3. The third-order valence-corrected chi connectivity index (χ3v) is 3.64. The summed E-state index contributed by atoms with van der Waals surface area (Å²) >= 11 is 0. The number of rotatable bonds is 8. The van der Waals surface area contributed by atoms with Crippen LogP contribution in [0.2, 0.25) is 0 Å². The standard InChI is InChI=1S/C19H21NO6/c1-12(21)20-16-6-4-13(10-15(16)19(22)23)8-9-26-18-11-14(24-2)5-7-17(18)25-3/h4-7,10-11H,8-9H2,1-3H3,(H,20,21)(H,22,23). The van der Waals surface area contributed by atoms with Crippen LogP contribution in [0.5, 0.6) is 17.2 Å². The second-order valence-corrected chi connectivity index (χ2v) is 5.48. The van der Waals surface area contributed by atoms with E-state index in [2.05, 4.69) is 5.32 Å². The summed E-state index contributed by atoms with van der Waals surface area (Å²) < 4.78 is 16.2. The number of carboxylic acids is 1. The Balaban J connectivity index is 2.09. The molecular formula is C19H21NO6. The first kappa shape index (κ1) is 19.1. The third-order valence-electron chi connectivity index (χ3n) is 3.64. The highest BCUT2D eigenvalue weighted by molar-refractivity contribution is 6.00. The molecule has 0 saturated heterocycles. The molecule has 0 bridgehead atoms. The van der Waals surface area contributed by atoms with Gasteiger partial charge in [0.25, 0.3) is 0 Å². The van der Waals surface area contributed by atoms with E-state index >= 15 is 0 Å². The number of benzene rings is 2. The molecule has 0 aromatic heterocycles. The van der Waals surface area contributed by atoms with Gasteiger partial charge in [0.15, 0.2) is 11.5 Å². The second kappa shape index (κ2) is 8.75. The van der Waals surface area contributed by atoms with E-state index in [1.807, 2.05) is 0 Å². The molecule has 7 nitrogen and oxygen atoms in total. The Hall–Kier alpha value is -3.22. The Morgan fingerprint density at radius 3 is 2.42 bits per heavy atom. The van der Waals surface area contributed by atoms with Crippen molar-refractivity contribution in [3.05, 3.63) is 47.5 Å². The molecule has 0 atom stereocenters. The normalized spacial score (nSPS) is 10.1. The van der Waals surface area contributed by atoms with Gasteiger partial charge in [0.1, 0.15) is 5.75 Å². The molecular weight excluding hydrogens is 338 g/mol. The van der Waals surface area contributed by atoms with Gasteiger partial charge >= 0.3 is 5.97 Å². The van der Waals surface area contributed by atoms with E-state index in [-0.39, 0.29) is 17.2 Å². The maximum Gasteiger partial charge on any atom is 0.337 e. The topological polar surface area (TPSA) is 94.1 Å². The van der Waals surface area contributed by atoms with Crippen molar-refractivity contribution in [2.75, 3.05) is 26.1 Å². The quantitative estimate of drug-likeness (QED) is 0.752. The van der Waals surface area contributed by atoms with Crippen molar-refractivity contribution >= 4 is 17.6 Å². The van der Waals surface area contributed by atoms with Crippen LogP contribution in [-0.4, -0.2) is 37.8 Å². The molecule has 138 valence electrons. The van der Waals surface area contributed by atoms with Crippen LogP contribution >= 0.6 is 0 Å². The maximum absolute atomic E-state index is 11.4. The molecule has 0 aliphatic heterocycles. The smallest absolute Gasteiger partial charge is 0.337 e. The van der Waals surface area contributed by atoms with Gasteiger partial charge in [-0.3, -0.25) is 4.79 Å². The van der Waals surface area contributed by atoms with Crippen LogP contribution in [0.15, 0.2) is 36.4 Å². The average molecular weight is 359 g/mol. The van der Waals surface area contributed by atoms with Gasteiger partial charge in [-0.15, -0.1) is 0 Å². The highest BCUT2D eigenvalue weighted by Crippen LogP contribution is 2.31. The Labute approximate surface area is 151 Å². The Bertz CT molecular complexity index is 803. The maximum atomic E-state index is 11.4. The van der Waals surface area contributed by atoms with Crippen molar-refractivity contribution < 1.29 is 28.9 Å². The van der Waals surface area contributed by atoms with Gasteiger partial charge in [-0.2, -0.15) is 0 Å². The number of carbonyl (C=O) groups is 2. The molecule has 2 aromatic rings. The van der Waals surface area contributed by atoms with Crippen LogP contribution < -0.4 is 19.5 Å². The average Bonchev–Trinajstić information content (AvgIpc) is 2.62. The molecule has 0 fully saturated rings. The van der Waals surface area contributed by atoms with Gasteiger partial charge in [0.05, 0.1) is 32.1 Å². The predicted octanol–water partition coefficient (Wildman–Crippen LogP) is 2.98. The van der Waals surface area contributed by atoms with E-state index in [4.69, 9.17) is 14.2 Å². The molecule has 7 heteroatoms. The summed E-state index contributed by atoms with van der Waals surface area (Å²) in [6, 6.07) is 10.1. The molecule has 1 amide bonds. The monoisotopic (exact) mass is 359 g/mol. The molecule has 0 aliphatic carbocycles. The van der Waals surface area contributed by atoms with Crippen LogP contribution in [0.4, 0.5) is 5.69 Å². The van der Waals surface area contributed by atoms with E-state index < -0.39 is 5.97 Å². The fraction of sp³-hybridized carbons (Fsp3) is 0.263. The number of methoxy groups -OCH3 is 2. The molecule has 0 saturated carbocycles. The number of aromatic carboxylic acids is 1. The van der Waals surface area contributed by atoms with Crippen LogP contribution in [-0.2, 0) is 11.2 Å². The Morgan fingerprint density at radius 2 is 1.81 bits per heavy atom. The van der Waals surface area contributed by atoms with Crippen LogP contribution in [0, 0.1) is 0 Å². The molecule has 2 rings (SSSR count). The van der Waals surface area contributed by atoms with Crippen LogP contribution in [0.25, 0.3) is 0 Å². The first-order valence-corrected chi connectivity index (χ1v) is 7.93. The third kappa shape index (κ3) is 4.89. The first-order valence-electron chi connectivity index (χ1n) is 7.93. The lowest BCUT2D eigenvalue weighted by atomic mass is 10.1. The number of carboxylic acid groups (broad SMARTS) is 1. The van der Waals surface area contributed by atoms with Gasteiger partial charge in [-0.05, 0) is 29.8 Å². The molecule has 2 N–H and O–H groups in total. The van der Waals surface area contributed by atoms with Crippen molar-refractivity contribution in [2.24, 2.45) is 0 Å². The summed E-state index contributed by atoms with van der Waals surface area (Å²) in [6.07, 6.45) is 0.487. The Morgan fingerprint density at radius 1 is 1.04 bits per heavy atom. The molecule has 0 spiro atoms. The van der Waals surface area contributed by atoms with Crippen molar-refractivity contribution in [1.82, 2.24) is 0 Å². The molecule has 26 heavy (non-hydrogen) atoms. The largest absolute Gasteiger partial charge is 0.497 e. The zero-order valence-electron chi connectivity index (χ0n) is 14.9. The molecule has 0 unspecified atom stereocenters. The molecule has 0 aliphatic rings. The fourth-order valence-corrected chi connectivity index (χ4v) is 2.40. The highest BCUT2D eigenvalue weighted by atomic mass is 16.5. The molecule has 0 radical (unpaired) electrons. The van der Waals surface area contributed by atoms with Gasteiger partial charge in [-0.25, -0.2) is 4.79 Å². The van der Waals surface area contributed by atoms with E-state index in [0.29, 0.717) is 30.3 Å². The number of anilines is 1. The minimum atomic E-state index is -1.11. The van der Waals surface area contributed by atoms with Gasteiger partial charge in [-0.1, -0.05) is 6.07 Å². The number of amides is 1. The summed E-state index contributed by atoms with van der Waals surface area (Å²) in [5.74, 6) is 0.339. The van der Waals surface area contributed by atoms with Crippen LogP contribution in [0.3, 0.4) is 0 Å². The van der Waals surface area contributed by atoms with Crippen molar-refractivity contribution in [3.8, 4) is 17.2 Å². The van der Waals surface area contributed by atoms with Gasteiger partial charge < -0.3 is 24.6 Å². The summed E-state index contributed by atoms with van der Waals surface area (Å²) in [6.45, 7) is 1.65. The minimum Gasteiger partial charge on any atom is -0.497 e. The van der Waals surface area contributed by atoms with Gasteiger partial charge in [0, 0.05) is 19.4 Å². The van der Waals surface area contributed by atoms with E-state index in [9.17, 15) is 14.7 Å². The summed E-state index contributed by atoms with van der Waals surface area (Å²) in [5.41, 5.74) is 1.08. The molecule has 0 heterocycles. The van der Waals surface area contributed by atoms with Crippen molar-refractivity contribution in [2.45, 2.75) is 13.3 Å². The van der Waals surface area contributed by atoms with E-state index in [1.54, 1.807) is 44.6 Å². The van der Waals surface area contributed by atoms with E-state index in [0.717, 1.165) is 5.56 Å².